The second-order valence-corrected chi connectivity index (χ2v) is 7.54. The van der Waals surface area contributed by atoms with Crippen molar-refractivity contribution >= 4 is 22.9 Å². The summed E-state index contributed by atoms with van der Waals surface area (Å²) in [6, 6.07) is 5.29. The number of rotatable bonds is 4. The molecule has 114 valence electrons. The predicted octanol–water partition coefficient (Wildman–Crippen LogP) is 4.08. The van der Waals surface area contributed by atoms with Crippen molar-refractivity contribution in [1.29, 1.82) is 0 Å². The normalized spacial score (nSPS) is 13.4. The summed E-state index contributed by atoms with van der Waals surface area (Å²) in [5.74, 6) is 0.278. The molecule has 1 aromatic carbocycles. The predicted molar refractivity (Wildman–Crippen MR) is 89.4 cm³/mol. The molecule has 0 saturated heterocycles. The lowest BCUT2D eigenvalue weighted by molar-refractivity contribution is 0.475. The molecule has 3 N–H and O–H groups in total. The van der Waals surface area contributed by atoms with Gasteiger partial charge in [-0.2, -0.15) is 0 Å². The fourth-order valence-corrected chi connectivity index (χ4v) is 3.42. The van der Waals surface area contributed by atoms with Gasteiger partial charge in [0.05, 0.1) is 15.7 Å². The largest absolute Gasteiger partial charge is 0.506 e. The van der Waals surface area contributed by atoms with Crippen molar-refractivity contribution in [3.63, 3.8) is 0 Å². The van der Waals surface area contributed by atoms with E-state index >= 15 is 0 Å². The zero-order chi connectivity index (χ0) is 15.6. The number of aromatic hydroxyl groups is 1. The van der Waals surface area contributed by atoms with E-state index in [-0.39, 0.29) is 17.1 Å². The fourth-order valence-electron chi connectivity index (χ4n) is 2.05. The van der Waals surface area contributed by atoms with Crippen LogP contribution < -0.4 is 5.73 Å². The van der Waals surface area contributed by atoms with Crippen LogP contribution in [0.2, 0.25) is 5.02 Å². The highest BCUT2D eigenvalue weighted by Crippen LogP contribution is 2.30. The molecule has 1 aromatic heterocycles. The zero-order valence-corrected chi connectivity index (χ0v) is 14.1. The Balaban J connectivity index is 2.19. The summed E-state index contributed by atoms with van der Waals surface area (Å²) in [5, 5.41) is 13.0. The third-order valence-electron chi connectivity index (χ3n) is 3.42. The fraction of sp³-hybridized carbons (Fsp3) is 0.438. The lowest BCUT2D eigenvalue weighted by atomic mass is 9.93. The van der Waals surface area contributed by atoms with E-state index < -0.39 is 0 Å². The molecule has 0 aliphatic rings. The maximum Gasteiger partial charge on any atom is 0.134 e. The van der Waals surface area contributed by atoms with Gasteiger partial charge in [-0.05, 0) is 24.1 Å². The second kappa shape index (κ2) is 6.34. The first-order valence-corrected chi connectivity index (χ1v) is 8.20. The van der Waals surface area contributed by atoms with Crippen LogP contribution in [0.1, 0.15) is 43.0 Å². The van der Waals surface area contributed by atoms with Gasteiger partial charge in [0.2, 0.25) is 0 Å². The van der Waals surface area contributed by atoms with Crippen molar-refractivity contribution in [1.82, 2.24) is 4.98 Å². The maximum atomic E-state index is 9.48. The van der Waals surface area contributed by atoms with Gasteiger partial charge in [-0.1, -0.05) is 38.4 Å². The van der Waals surface area contributed by atoms with E-state index in [4.69, 9.17) is 22.3 Å². The van der Waals surface area contributed by atoms with Gasteiger partial charge in [0.15, 0.2) is 0 Å². The Bertz CT molecular complexity index is 619. The minimum atomic E-state index is 0.0513. The van der Waals surface area contributed by atoms with Crippen molar-refractivity contribution < 1.29 is 5.11 Å². The van der Waals surface area contributed by atoms with Crippen LogP contribution in [-0.4, -0.2) is 16.6 Å². The third kappa shape index (κ3) is 3.96. The van der Waals surface area contributed by atoms with Crippen LogP contribution in [0, 0.1) is 0 Å². The van der Waals surface area contributed by atoms with E-state index in [9.17, 15) is 5.11 Å². The SMILES string of the molecule is CC(C)(C)c1csc(C(CN)Cc2ccc(O)c(Cl)c2)n1. The van der Waals surface area contributed by atoms with Gasteiger partial charge in [-0.15, -0.1) is 11.3 Å². The summed E-state index contributed by atoms with van der Waals surface area (Å²) in [6.45, 7) is 7.00. The topological polar surface area (TPSA) is 59.1 Å². The number of nitrogens with zero attached hydrogens (tertiary/aromatic N) is 1. The molecule has 1 atom stereocenters. The molecule has 21 heavy (non-hydrogen) atoms. The van der Waals surface area contributed by atoms with Crippen LogP contribution in [0.4, 0.5) is 0 Å². The summed E-state index contributed by atoms with van der Waals surface area (Å²) in [6.07, 6.45) is 0.771. The molecule has 0 aliphatic carbocycles. The molecule has 0 saturated carbocycles. The summed E-state index contributed by atoms with van der Waals surface area (Å²) in [7, 11) is 0. The Morgan fingerprint density at radius 1 is 1.38 bits per heavy atom. The lowest BCUT2D eigenvalue weighted by Gasteiger charge is -2.16. The molecule has 0 radical (unpaired) electrons. The number of aromatic nitrogens is 1. The van der Waals surface area contributed by atoms with Crippen molar-refractivity contribution in [2.24, 2.45) is 5.73 Å². The number of thiazole rings is 1. The molecular weight excluding hydrogens is 304 g/mol. The van der Waals surface area contributed by atoms with Gasteiger partial charge >= 0.3 is 0 Å². The van der Waals surface area contributed by atoms with Crippen LogP contribution in [0.5, 0.6) is 5.75 Å². The van der Waals surface area contributed by atoms with Crippen molar-refractivity contribution in [2.45, 2.75) is 38.5 Å². The van der Waals surface area contributed by atoms with Crippen LogP contribution in [0.25, 0.3) is 0 Å². The molecular formula is C16H21ClN2OS. The Morgan fingerprint density at radius 2 is 2.10 bits per heavy atom. The summed E-state index contributed by atoms with van der Waals surface area (Å²) in [5.41, 5.74) is 8.13. The van der Waals surface area contributed by atoms with Gasteiger partial charge in [0, 0.05) is 23.3 Å². The first kappa shape index (κ1) is 16.3. The molecule has 2 aromatic rings. The van der Waals surface area contributed by atoms with Gasteiger partial charge in [-0.25, -0.2) is 4.98 Å². The molecule has 1 unspecified atom stereocenters. The number of benzene rings is 1. The quantitative estimate of drug-likeness (QED) is 0.890. The molecule has 5 heteroatoms. The first-order valence-electron chi connectivity index (χ1n) is 6.94. The summed E-state index contributed by atoms with van der Waals surface area (Å²) < 4.78 is 0. The van der Waals surface area contributed by atoms with Gasteiger partial charge in [0.25, 0.3) is 0 Å². The Hall–Kier alpha value is -1.10. The van der Waals surface area contributed by atoms with Crippen molar-refractivity contribution in [3.8, 4) is 5.75 Å². The van der Waals surface area contributed by atoms with Crippen LogP contribution in [0.15, 0.2) is 23.6 Å². The smallest absolute Gasteiger partial charge is 0.134 e. The molecule has 0 bridgehead atoms. The number of hydrogen-bond donors (Lipinski definition) is 2. The number of hydrogen-bond acceptors (Lipinski definition) is 4. The average molecular weight is 325 g/mol. The van der Waals surface area contributed by atoms with E-state index in [0.29, 0.717) is 11.6 Å². The lowest BCUT2D eigenvalue weighted by Crippen LogP contribution is -2.16. The molecule has 1 heterocycles. The number of phenols is 1. The van der Waals surface area contributed by atoms with Gasteiger partial charge in [-0.3, -0.25) is 0 Å². The summed E-state index contributed by atoms with van der Waals surface area (Å²) >= 11 is 7.62. The Morgan fingerprint density at radius 3 is 2.62 bits per heavy atom. The third-order valence-corrected chi connectivity index (χ3v) is 4.73. The Kier molecular flexibility index (Phi) is 4.91. The standard InChI is InChI=1S/C16H21ClN2OS/c1-16(2,3)14-9-21-15(19-14)11(8-18)6-10-4-5-13(20)12(17)7-10/h4-5,7,9,11,20H,6,8,18H2,1-3H3. The maximum absolute atomic E-state index is 9.48. The second-order valence-electron chi connectivity index (χ2n) is 6.24. The molecule has 2 rings (SSSR count). The van der Waals surface area contributed by atoms with E-state index in [0.717, 1.165) is 22.7 Å². The minimum absolute atomic E-state index is 0.0513. The highest BCUT2D eigenvalue weighted by Gasteiger charge is 2.21. The number of phenolic OH excluding ortho intramolecular Hbond substituents is 1. The van der Waals surface area contributed by atoms with Gasteiger partial charge < -0.3 is 10.8 Å². The minimum Gasteiger partial charge on any atom is -0.506 e. The number of nitrogens with two attached hydrogens (primary N) is 1. The first-order chi connectivity index (χ1) is 9.81. The van der Waals surface area contributed by atoms with E-state index in [1.54, 1.807) is 23.5 Å². The van der Waals surface area contributed by atoms with E-state index in [1.165, 1.54) is 0 Å². The molecule has 0 fully saturated rings. The molecule has 0 amide bonds. The van der Waals surface area contributed by atoms with Crippen LogP contribution in [0.3, 0.4) is 0 Å². The molecule has 0 spiro atoms. The molecule has 0 aliphatic heterocycles. The van der Waals surface area contributed by atoms with Crippen LogP contribution in [-0.2, 0) is 11.8 Å². The average Bonchev–Trinajstić information content (AvgIpc) is 2.89. The Labute approximate surface area is 134 Å². The van der Waals surface area contributed by atoms with Gasteiger partial charge in [0.1, 0.15) is 5.75 Å². The van der Waals surface area contributed by atoms with Crippen molar-refractivity contribution in [2.75, 3.05) is 6.54 Å². The zero-order valence-electron chi connectivity index (χ0n) is 12.6. The van der Waals surface area contributed by atoms with Crippen molar-refractivity contribution in [3.05, 3.63) is 44.9 Å². The highest BCUT2D eigenvalue weighted by atomic mass is 35.5. The van der Waals surface area contributed by atoms with E-state index in [1.807, 2.05) is 6.07 Å². The summed E-state index contributed by atoms with van der Waals surface area (Å²) in [4.78, 5) is 4.74. The monoisotopic (exact) mass is 324 g/mol. The van der Waals surface area contributed by atoms with E-state index in [2.05, 4.69) is 26.2 Å². The van der Waals surface area contributed by atoms with Crippen LogP contribution >= 0.6 is 22.9 Å². The molecule has 3 nitrogen and oxygen atoms in total. The highest BCUT2D eigenvalue weighted by molar-refractivity contribution is 7.09. The number of halogens is 1.